The highest BCUT2D eigenvalue weighted by atomic mass is 32.2. The number of benzene rings is 1. The summed E-state index contributed by atoms with van der Waals surface area (Å²) in [5, 5.41) is 4.18. The molecule has 33 heavy (non-hydrogen) atoms. The largest absolute Gasteiger partial charge is 0.350 e. The summed E-state index contributed by atoms with van der Waals surface area (Å²) in [5.41, 5.74) is 2.68. The number of amides is 1. The number of thiophene rings is 1. The minimum Gasteiger partial charge on any atom is -0.350 e. The number of fused-ring (bicyclic) bond motifs is 3. The van der Waals surface area contributed by atoms with Crippen LogP contribution in [0.5, 0.6) is 0 Å². The zero-order valence-corrected chi connectivity index (χ0v) is 19.9. The Bertz CT molecular complexity index is 1350. The first-order valence-electron chi connectivity index (χ1n) is 11.0. The third-order valence-electron chi connectivity index (χ3n) is 5.84. The topological polar surface area (TPSA) is 76.9 Å². The van der Waals surface area contributed by atoms with E-state index in [1.54, 1.807) is 22.1 Å². The number of hydrogen-bond acceptors (Lipinski definition) is 6. The standard InChI is InChI=1S/C25H24N4O2S2/c1-16-10-11-19-20(13-16)33-23-22(19)24(31)29(18-8-3-2-4-9-18)25(28-23)32-15-21(30)27-14-17-7-5-6-12-26-17/h2-9,12,16H,10-11,13-15H2,1H3,(H,27,30). The Morgan fingerprint density at radius 1 is 1.21 bits per heavy atom. The predicted molar refractivity (Wildman–Crippen MR) is 133 cm³/mol. The number of nitrogens with zero attached hydrogens (tertiary/aromatic N) is 3. The molecule has 0 saturated heterocycles. The maximum absolute atomic E-state index is 13.7. The summed E-state index contributed by atoms with van der Waals surface area (Å²) < 4.78 is 1.66. The van der Waals surface area contributed by atoms with E-state index in [2.05, 4.69) is 17.2 Å². The highest BCUT2D eigenvalue weighted by Crippen LogP contribution is 2.37. The van der Waals surface area contributed by atoms with Crippen LogP contribution in [0, 0.1) is 5.92 Å². The molecule has 0 aliphatic heterocycles. The summed E-state index contributed by atoms with van der Waals surface area (Å²) in [7, 11) is 0. The van der Waals surface area contributed by atoms with E-state index in [0.717, 1.165) is 40.9 Å². The van der Waals surface area contributed by atoms with Gasteiger partial charge < -0.3 is 5.32 Å². The van der Waals surface area contributed by atoms with Crippen molar-refractivity contribution in [3.8, 4) is 5.69 Å². The number of aromatic nitrogens is 3. The molecule has 5 rings (SSSR count). The molecular weight excluding hydrogens is 452 g/mol. The summed E-state index contributed by atoms with van der Waals surface area (Å²) >= 11 is 2.92. The minimum absolute atomic E-state index is 0.0466. The lowest BCUT2D eigenvalue weighted by Crippen LogP contribution is -2.26. The molecule has 168 valence electrons. The fourth-order valence-corrected chi connectivity index (χ4v) is 6.41. The Kier molecular flexibility index (Phi) is 6.28. The molecule has 0 fully saturated rings. The summed E-state index contributed by atoms with van der Waals surface area (Å²) in [6.45, 7) is 2.63. The number of carbonyl (C=O) groups excluding carboxylic acids is 1. The molecule has 1 aliphatic carbocycles. The van der Waals surface area contributed by atoms with Crippen LogP contribution in [0.4, 0.5) is 0 Å². The van der Waals surface area contributed by atoms with Crippen LogP contribution < -0.4 is 10.9 Å². The van der Waals surface area contributed by atoms with Crippen LogP contribution in [0.1, 0.15) is 29.5 Å². The molecule has 3 aromatic heterocycles. The normalized spacial score (nSPS) is 15.4. The van der Waals surface area contributed by atoms with Crippen LogP contribution in [0.3, 0.4) is 0 Å². The van der Waals surface area contributed by atoms with E-state index >= 15 is 0 Å². The summed E-state index contributed by atoms with van der Waals surface area (Å²) in [4.78, 5) is 37.4. The van der Waals surface area contributed by atoms with Gasteiger partial charge >= 0.3 is 0 Å². The quantitative estimate of drug-likeness (QED) is 0.330. The van der Waals surface area contributed by atoms with Crippen molar-refractivity contribution in [1.29, 1.82) is 0 Å². The lowest BCUT2D eigenvalue weighted by Gasteiger charge is -2.17. The molecule has 8 heteroatoms. The van der Waals surface area contributed by atoms with E-state index in [0.29, 0.717) is 17.6 Å². The Morgan fingerprint density at radius 3 is 2.82 bits per heavy atom. The second-order valence-electron chi connectivity index (χ2n) is 8.29. The maximum atomic E-state index is 13.7. The van der Waals surface area contributed by atoms with Crippen molar-refractivity contribution < 1.29 is 4.79 Å². The third-order valence-corrected chi connectivity index (χ3v) is 7.92. The molecular formula is C25H24N4O2S2. The lowest BCUT2D eigenvalue weighted by molar-refractivity contribution is -0.118. The van der Waals surface area contributed by atoms with Gasteiger partial charge in [0, 0.05) is 11.1 Å². The molecule has 1 unspecified atom stereocenters. The molecule has 6 nitrogen and oxygen atoms in total. The number of nitrogens with one attached hydrogen (secondary N) is 1. The number of pyridine rings is 1. The molecule has 1 amide bonds. The smallest absolute Gasteiger partial charge is 0.267 e. The van der Waals surface area contributed by atoms with Crippen molar-refractivity contribution >= 4 is 39.2 Å². The van der Waals surface area contributed by atoms with Crippen molar-refractivity contribution in [2.45, 2.75) is 37.9 Å². The molecule has 1 atom stereocenters. The predicted octanol–water partition coefficient (Wildman–Crippen LogP) is 4.38. The zero-order chi connectivity index (χ0) is 22.8. The van der Waals surface area contributed by atoms with E-state index < -0.39 is 0 Å². The van der Waals surface area contributed by atoms with Crippen molar-refractivity contribution in [3.63, 3.8) is 0 Å². The first kappa shape index (κ1) is 21.9. The number of rotatable bonds is 6. The van der Waals surface area contributed by atoms with Crippen molar-refractivity contribution in [2.75, 3.05) is 5.75 Å². The van der Waals surface area contributed by atoms with E-state index in [-0.39, 0.29) is 17.2 Å². The minimum atomic E-state index is -0.126. The fourth-order valence-electron chi connectivity index (χ4n) is 4.15. The summed E-state index contributed by atoms with van der Waals surface area (Å²) in [6, 6.07) is 15.1. The number of thioether (sulfide) groups is 1. The number of carbonyl (C=O) groups is 1. The van der Waals surface area contributed by atoms with E-state index in [1.807, 2.05) is 48.5 Å². The average molecular weight is 477 g/mol. The highest BCUT2D eigenvalue weighted by Gasteiger charge is 2.25. The first-order valence-corrected chi connectivity index (χ1v) is 12.8. The lowest BCUT2D eigenvalue weighted by atomic mass is 9.89. The van der Waals surface area contributed by atoms with Gasteiger partial charge in [-0.2, -0.15) is 0 Å². The van der Waals surface area contributed by atoms with Gasteiger partial charge in [-0.05, 0) is 55.0 Å². The first-order chi connectivity index (χ1) is 16.1. The Balaban J connectivity index is 1.47. The molecule has 0 spiro atoms. The van der Waals surface area contributed by atoms with Crippen molar-refractivity contribution in [2.24, 2.45) is 5.92 Å². The molecule has 4 aromatic rings. The van der Waals surface area contributed by atoms with Gasteiger partial charge in [-0.15, -0.1) is 11.3 Å². The molecule has 3 heterocycles. The number of hydrogen-bond donors (Lipinski definition) is 1. The van der Waals surface area contributed by atoms with E-state index in [4.69, 9.17) is 4.98 Å². The molecule has 1 N–H and O–H groups in total. The van der Waals surface area contributed by atoms with Crippen molar-refractivity contribution in [1.82, 2.24) is 19.9 Å². The van der Waals surface area contributed by atoms with Crippen LogP contribution in [0.15, 0.2) is 64.7 Å². The Morgan fingerprint density at radius 2 is 2.03 bits per heavy atom. The van der Waals surface area contributed by atoms with Gasteiger partial charge in [-0.1, -0.05) is 43.0 Å². The Labute approximate surface area is 200 Å². The van der Waals surface area contributed by atoms with Crippen molar-refractivity contribution in [3.05, 3.63) is 81.2 Å². The molecule has 1 aliphatic rings. The molecule has 0 bridgehead atoms. The van der Waals surface area contributed by atoms with Crippen LogP contribution in [-0.4, -0.2) is 26.2 Å². The second kappa shape index (κ2) is 9.49. The van der Waals surface area contributed by atoms with Crippen LogP contribution >= 0.6 is 23.1 Å². The van der Waals surface area contributed by atoms with Gasteiger partial charge in [0.05, 0.1) is 29.1 Å². The maximum Gasteiger partial charge on any atom is 0.267 e. The van der Waals surface area contributed by atoms with Gasteiger partial charge in [-0.3, -0.25) is 19.1 Å². The van der Waals surface area contributed by atoms with E-state index in [9.17, 15) is 9.59 Å². The van der Waals surface area contributed by atoms with Gasteiger partial charge in [0.2, 0.25) is 5.91 Å². The molecule has 0 radical (unpaired) electrons. The Hall–Kier alpha value is -2.97. The third kappa shape index (κ3) is 4.58. The SMILES string of the molecule is CC1CCc2c(sc3nc(SCC(=O)NCc4ccccn4)n(-c4ccccc4)c(=O)c23)C1. The van der Waals surface area contributed by atoms with Gasteiger partial charge in [-0.25, -0.2) is 4.98 Å². The monoisotopic (exact) mass is 476 g/mol. The van der Waals surface area contributed by atoms with E-state index in [1.165, 1.54) is 22.2 Å². The average Bonchev–Trinajstić information content (AvgIpc) is 3.20. The molecule has 0 saturated carbocycles. The van der Waals surface area contributed by atoms with Crippen LogP contribution in [0.25, 0.3) is 15.9 Å². The van der Waals surface area contributed by atoms with Crippen LogP contribution in [0.2, 0.25) is 0 Å². The van der Waals surface area contributed by atoms with Gasteiger partial charge in [0.25, 0.3) is 5.56 Å². The summed E-state index contributed by atoms with van der Waals surface area (Å²) in [5.74, 6) is 0.664. The van der Waals surface area contributed by atoms with Crippen LogP contribution in [-0.2, 0) is 24.2 Å². The second-order valence-corrected chi connectivity index (χ2v) is 10.3. The summed E-state index contributed by atoms with van der Waals surface area (Å²) in [6.07, 6.45) is 4.72. The zero-order valence-electron chi connectivity index (χ0n) is 18.3. The highest BCUT2D eigenvalue weighted by molar-refractivity contribution is 7.99. The molecule has 1 aromatic carbocycles. The van der Waals surface area contributed by atoms with Gasteiger partial charge in [0.15, 0.2) is 5.16 Å². The van der Waals surface area contributed by atoms with Gasteiger partial charge in [0.1, 0.15) is 4.83 Å². The number of para-hydroxylation sites is 1. The number of aryl methyl sites for hydroxylation is 1. The fraction of sp³-hybridized carbons (Fsp3) is 0.280.